The first-order valence-electron chi connectivity index (χ1n) is 6.70. The maximum atomic E-state index is 10.7. The van der Waals surface area contributed by atoms with Crippen molar-refractivity contribution in [3.05, 3.63) is 42.1 Å². The van der Waals surface area contributed by atoms with E-state index in [1.54, 1.807) is 11.5 Å². The lowest BCUT2D eigenvalue weighted by molar-refractivity contribution is -0.634. The van der Waals surface area contributed by atoms with Crippen molar-refractivity contribution < 1.29 is 16.9 Å². The molecule has 1 heterocycles. The maximum absolute atomic E-state index is 10.7. The number of aromatic nitrogens is 1. The number of aryl methyl sites for hydroxylation is 2. The molecule has 0 unspecified atom stereocenters. The molecule has 6 heteroatoms. The minimum Gasteiger partial charge on any atom is -0.748 e. The van der Waals surface area contributed by atoms with Gasteiger partial charge in [0.15, 0.2) is 6.54 Å². The SMILES string of the molecule is Cc1c2ccc3ccccc3c2s[n+]1CCCS(=O)(=O)[O-]. The Morgan fingerprint density at radius 1 is 1.14 bits per heavy atom. The maximum Gasteiger partial charge on any atom is 0.201 e. The van der Waals surface area contributed by atoms with Gasteiger partial charge in [-0.1, -0.05) is 30.3 Å². The van der Waals surface area contributed by atoms with Crippen LogP contribution in [0.4, 0.5) is 0 Å². The van der Waals surface area contributed by atoms with Gasteiger partial charge in [0.05, 0.1) is 15.5 Å². The number of hydrogen-bond acceptors (Lipinski definition) is 4. The molecule has 0 bridgehead atoms. The molecule has 2 aromatic carbocycles. The number of benzene rings is 2. The van der Waals surface area contributed by atoms with Crippen LogP contribution in [0.2, 0.25) is 0 Å². The third-order valence-corrected chi connectivity index (χ3v) is 5.69. The first-order valence-corrected chi connectivity index (χ1v) is 9.05. The molecular formula is C15H15NO3S2. The lowest BCUT2D eigenvalue weighted by Gasteiger charge is -2.03. The molecule has 3 rings (SSSR count). The van der Waals surface area contributed by atoms with Gasteiger partial charge in [-0.05, 0) is 11.5 Å². The number of nitrogens with zero attached hydrogens (tertiary/aromatic N) is 1. The summed E-state index contributed by atoms with van der Waals surface area (Å²) in [6.45, 7) is 2.58. The van der Waals surface area contributed by atoms with Gasteiger partial charge in [-0.25, -0.2) is 8.42 Å². The minimum atomic E-state index is -4.13. The van der Waals surface area contributed by atoms with Crippen molar-refractivity contribution in [2.45, 2.75) is 19.9 Å². The second-order valence-electron chi connectivity index (χ2n) is 5.06. The third-order valence-electron chi connectivity index (χ3n) is 3.60. The highest BCUT2D eigenvalue weighted by atomic mass is 32.2. The van der Waals surface area contributed by atoms with Gasteiger partial charge in [0, 0.05) is 24.5 Å². The predicted molar refractivity (Wildman–Crippen MR) is 83.4 cm³/mol. The topological polar surface area (TPSA) is 61.1 Å². The lowest BCUT2D eigenvalue weighted by Crippen LogP contribution is -2.32. The molecule has 0 saturated heterocycles. The average Bonchev–Trinajstić information content (AvgIpc) is 2.75. The Morgan fingerprint density at radius 2 is 1.90 bits per heavy atom. The van der Waals surface area contributed by atoms with Crippen LogP contribution in [-0.2, 0) is 16.7 Å². The summed E-state index contributed by atoms with van der Waals surface area (Å²) in [4.78, 5) is 0. The first-order chi connectivity index (χ1) is 9.96. The van der Waals surface area contributed by atoms with E-state index in [1.807, 2.05) is 19.1 Å². The molecule has 0 aliphatic rings. The largest absolute Gasteiger partial charge is 0.748 e. The fraction of sp³-hybridized carbons (Fsp3) is 0.267. The van der Waals surface area contributed by atoms with Crippen molar-refractivity contribution in [3.8, 4) is 0 Å². The third kappa shape index (κ3) is 2.92. The van der Waals surface area contributed by atoms with Crippen molar-refractivity contribution in [3.63, 3.8) is 0 Å². The standard InChI is InChI=1S/C15H15NO3S2/c1-11-13-8-7-12-5-2-3-6-14(12)15(13)20-16(11)9-4-10-21(17,18)19/h2-3,5-8H,4,9-10H2,1H3. The molecule has 0 aliphatic heterocycles. The zero-order valence-electron chi connectivity index (χ0n) is 11.6. The smallest absolute Gasteiger partial charge is 0.201 e. The Hall–Kier alpha value is -1.50. The number of rotatable bonds is 4. The van der Waals surface area contributed by atoms with Crippen molar-refractivity contribution in [1.82, 2.24) is 0 Å². The van der Waals surface area contributed by atoms with Gasteiger partial charge in [-0.2, -0.15) is 0 Å². The van der Waals surface area contributed by atoms with Crippen LogP contribution in [0.5, 0.6) is 0 Å². The van der Waals surface area contributed by atoms with Crippen LogP contribution < -0.4 is 3.96 Å². The molecule has 0 N–H and O–H groups in total. The van der Waals surface area contributed by atoms with Gasteiger partial charge in [-0.3, -0.25) is 0 Å². The molecule has 0 amide bonds. The van der Waals surface area contributed by atoms with Crippen LogP contribution in [0.3, 0.4) is 0 Å². The van der Waals surface area contributed by atoms with Crippen LogP contribution >= 0.6 is 11.5 Å². The van der Waals surface area contributed by atoms with Crippen LogP contribution in [0, 0.1) is 6.92 Å². The van der Waals surface area contributed by atoms with Crippen molar-refractivity contribution in [2.75, 3.05) is 5.75 Å². The molecule has 0 radical (unpaired) electrons. The van der Waals surface area contributed by atoms with Gasteiger partial charge >= 0.3 is 0 Å². The molecule has 110 valence electrons. The Balaban J connectivity index is 2.01. The molecule has 21 heavy (non-hydrogen) atoms. The van der Waals surface area contributed by atoms with Gasteiger partial charge in [0.1, 0.15) is 16.2 Å². The first kappa shape index (κ1) is 14.4. The number of hydrogen-bond donors (Lipinski definition) is 0. The Morgan fingerprint density at radius 3 is 2.67 bits per heavy atom. The molecule has 0 fully saturated rings. The molecular weight excluding hydrogens is 306 g/mol. The summed E-state index contributed by atoms with van der Waals surface area (Å²) < 4.78 is 35.4. The second-order valence-corrected chi connectivity index (χ2v) is 7.61. The summed E-state index contributed by atoms with van der Waals surface area (Å²) >= 11 is 1.62. The summed E-state index contributed by atoms with van der Waals surface area (Å²) in [6, 6.07) is 12.4. The summed E-state index contributed by atoms with van der Waals surface area (Å²) in [5, 5.41) is 3.59. The predicted octanol–water partition coefficient (Wildman–Crippen LogP) is 2.59. The van der Waals surface area contributed by atoms with Crippen molar-refractivity contribution in [2.24, 2.45) is 0 Å². The highest BCUT2D eigenvalue weighted by Gasteiger charge is 2.18. The van der Waals surface area contributed by atoms with Gasteiger partial charge in [0.2, 0.25) is 5.69 Å². The summed E-state index contributed by atoms with van der Waals surface area (Å²) in [6.07, 6.45) is 0.349. The summed E-state index contributed by atoms with van der Waals surface area (Å²) in [5.74, 6) is -0.311. The molecule has 0 atom stereocenters. The molecule has 3 aromatic rings. The molecule has 0 aliphatic carbocycles. The van der Waals surface area contributed by atoms with Gasteiger partial charge < -0.3 is 4.55 Å². The average molecular weight is 321 g/mol. The number of fused-ring (bicyclic) bond motifs is 3. The van der Waals surface area contributed by atoms with E-state index in [0.717, 1.165) is 5.69 Å². The van der Waals surface area contributed by atoms with E-state index >= 15 is 0 Å². The van der Waals surface area contributed by atoms with Gasteiger partial charge in [-0.15, -0.1) is 3.96 Å². The normalized spacial score (nSPS) is 12.3. The zero-order valence-corrected chi connectivity index (χ0v) is 13.2. The molecule has 4 nitrogen and oxygen atoms in total. The monoisotopic (exact) mass is 321 g/mol. The Labute approximate surface area is 127 Å². The molecule has 0 spiro atoms. The van der Waals surface area contributed by atoms with Crippen LogP contribution in [0.1, 0.15) is 12.1 Å². The highest BCUT2D eigenvalue weighted by Crippen LogP contribution is 2.29. The zero-order chi connectivity index (χ0) is 15.0. The van der Waals surface area contributed by atoms with E-state index in [-0.39, 0.29) is 5.75 Å². The summed E-state index contributed by atoms with van der Waals surface area (Å²) in [5.41, 5.74) is 1.11. The summed E-state index contributed by atoms with van der Waals surface area (Å²) in [7, 11) is -4.13. The quantitative estimate of drug-likeness (QED) is 0.548. The van der Waals surface area contributed by atoms with E-state index in [2.05, 4.69) is 28.2 Å². The van der Waals surface area contributed by atoms with Crippen LogP contribution in [0.25, 0.3) is 20.9 Å². The lowest BCUT2D eigenvalue weighted by atomic mass is 10.1. The van der Waals surface area contributed by atoms with Crippen LogP contribution in [0.15, 0.2) is 36.4 Å². The van der Waals surface area contributed by atoms with E-state index in [9.17, 15) is 13.0 Å². The molecule has 0 saturated carbocycles. The van der Waals surface area contributed by atoms with Crippen molar-refractivity contribution >= 4 is 42.5 Å². The fourth-order valence-electron chi connectivity index (χ4n) is 2.54. The van der Waals surface area contributed by atoms with E-state index in [0.29, 0.717) is 13.0 Å². The molecule has 1 aromatic heterocycles. The van der Waals surface area contributed by atoms with Crippen LogP contribution in [-0.4, -0.2) is 18.7 Å². The minimum absolute atomic E-state index is 0.311. The van der Waals surface area contributed by atoms with Crippen molar-refractivity contribution in [1.29, 1.82) is 0 Å². The van der Waals surface area contributed by atoms with E-state index in [4.69, 9.17) is 0 Å². The second kappa shape index (κ2) is 5.36. The van der Waals surface area contributed by atoms with Gasteiger partial charge in [0.25, 0.3) is 0 Å². The fourth-order valence-corrected chi connectivity index (χ4v) is 4.29. The van der Waals surface area contributed by atoms with E-state index < -0.39 is 10.1 Å². The van der Waals surface area contributed by atoms with E-state index in [1.165, 1.54) is 20.9 Å². The Kier molecular flexibility index (Phi) is 3.69. The highest BCUT2D eigenvalue weighted by molar-refractivity contribution is 7.85. The Bertz CT molecular complexity index is 913.